The largest absolute Gasteiger partial charge is 0.478 e. The molecule has 0 radical (unpaired) electrons. The highest BCUT2D eigenvalue weighted by atomic mass is 32.2. The van der Waals surface area contributed by atoms with Crippen LogP contribution in [0.1, 0.15) is 30.5 Å². The van der Waals surface area contributed by atoms with Crippen molar-refractivity contribution in [3.05, 3.63) is 30.7 Å². The van der Waals surface area contributed by atoms with Crippen LogP contribution < -0.4 is 9.62 Å². The summed E-state index contributed by atoms with van der Waals surface area (Å²) in [6.45, 7) is 0. The van der Waals surface area contributed by atoms with Gasteiger partial charge in [-0.2, -0.15) is 0 Å². The zero-order chi connectivity index (χ0) is 21.9. The normalized spacial score (nSPS) is 19.9. The Hall–Kier alpha value is -2.79. The van der Waals surface area contributed by atoms with Crippen LogP contribution in [-0.4, -0.2) is 65.8 Å². The third kappa shape index (κ3) is 4.85. The number of hydrogen-bond acceptors (Lipinski definition) is 7. The highest BCUT2D eigenvalue weighted by Crippen LogP contribution is 2.32. The number of nitrogens with one attached hydrogen (secondary N) is 1. The molecule has 30 heavy (non-hydrogen) atoms. The Morgan fingerprint density at radius 1 is 1.27 bits per heavy atom. The van der Waals surface area contributed by atoms with E-state index in [0.717, 1.165) is 37.8 Å². The lowest BCUT2D eigenvalue weighted by atomic mass is 9.86. The van der Waals surface area contributed by atoms with Crippen molar-refractivity contribution in [1.82, 2.24) is 19.3 Å². The van der Waals surface area contributed by atoms with Gasteiger partial charge < -0.3 is 10.0 Å². The number of aliphatic carboxylic acids is 1. The van der Waals surface area contributed by atoms with Crippen molar-refractivity contribution in [3.63, 3.8) is 0 Å². The van der Waals surface area contributed by atoms with Crippen molar-refractivity contribution >= 4 is 38.8 Å². The Labute approximate surface area is 174 Å². The molecule has 1 aliphatic rings. The van der Waals surface area contributed by atoms with Gasteiger partial charge in [0.25, 0.3) is 5.91 Å². The van der Waals surface area contributed by atoms with Crippen LogP contribution >= 0.6 is 0 Å². The molecule has 3 rings (SSSR count). The highest BCUT2D eigenvalue weighted by molar-refractivity contribution is 7.89. The summed E-state index contributed by atoms with van der Waals surface area (Å²) in [5.74, 6) is -0.747. The number of carbonyl (C=O) groups excluding carboxylic acids is 1. The van der Waals surface area contributed by atoms with Crippen molar-refractivity contribution in [2.24, 2.45) is 5.92 Å². The summed E-state index contributed by atoms with van der Waals surface area (Å²) in [5, 5.41) is 9.40. The Balaban J connectivity index is 1.76. The van der Waals surface area contributed by atoms with Crippen LogP contribution in [0.3, 0.4) is 0 Å². The van der Waals surface area contributed by atoms with Gasteiger partial charge in [0.2, 0.25) is 10.0 Å². The van der Waals surface area contributed by atoms with E-state index in [9.17, 15) is 18.0 Å². The van der Waals surface area contributed by atoms with Crippen LogP contribution in [-0.2, 0) is 14.8 Å². The molecule has 2 aromatic heterocycles. The molecule has 0 spiro atoms. The molecule has 11 heteroatoms. The molecule has 162 valence electrons. The summed E-state index contributed by atoms with van der Waals surface area (Å²) in [6, 6.07) is 1.93. The Morgan fingerprint density at radius 3 is 2.60 bits per heavy atom. The molecule has 1 fully saturated rings. The SMILES string of the molecule is CNS(=O)(=O)CC1CCC(N(C)c2ncnc3c2ccn3C(=O)/C=C\C(=O)O)CC1. The molecule has 1 aliphatic carbocycles. The minimum Gasteiger partial charge on any atom is -0.478 e. The molecule has 0 amide bonds. The average Bonchev–Trinajstić information content (AvgIpc) is 3.16. The van der Waals surface area contributed by atoms with Crippen LogP contribution in [0.2, 0.25) is 0 Å². The fraction of sp³-hybridized carbons (Fsp3) is 0.474. The second-order valence-corrected chi connectivity index (χ2v) is 9.37. The number of aromatic nitrogens is 3. The molecule has 0 unspecified atom stereocenters. The molecule has 2 N–H and O–H groups in total. The fourth-order valence-corrected chi connectivity index (χ4v) is 5.01. The first kappa shape index (κ1) is 21.9. The van der Waals surface area contributed by atoms with E-state index in [-0.39, 0.29) is 17.7 Å². The lowest BCUT2D eigenvalue weighted by molar-refractivity contribution is -0.131. The number of hydrogen-bond donors (Lipinski definition) is 2. The minimum atomic E-state index is -3.21. The van der Waals surface area contributed by atoms with Crippen LogP contribution in [0.25, 0.3) is 11.0 Å². The summed E-state index contributed by atoms with van der Waals surface area (Å²) in [5.41, 5.74) is 0.403. The number of carbonyl (C=O) groups is 2. The van der Waals surface area contributed by atoms with Gasteiger partial charge >= 0.3 is 5.97 Å². The van der Waals surface area contributed by atoms with Gasteiger partial charge in [-0.05, 0) is 44.7 Å². The second kappa shape index (κ2) is 8.92. The number of nitrogens with zero attached hydrogens (tertiary/aromatic N) is 4. The summed E-state index contributed by atoms with van der Waals surface area (Å²) in [7, 11) is 0.151. The third-order valence-electron chi connectivity index (χ3n) is 5.53. The van der Waals surface area contributed by atoms with Gasteiger partial charge in [-0.1, -0.05) is 0 Å². The van der Waals surface area contributed by atoms with Gasteiger partial charge in [0.15, 0.2) is 5.65 Å². The average molecular weight is 436 g/mol. The topological polar surface area (TPSA) is 134 Å². The lowest BCUT2D eigenvalue weighted by Crippen LogP contribution is -2.38. The van der Waals surface area contributed by atoms with E-state index >= 15 is 0 Å². The first-order valence-corrected chi connectivity index (χ1v) is 11.3. The maximum Gasteiger partial charge on any atom is 0.328 e. The Bertz CT molecular complexity index is 1070. The number of allylic oxidation sites excluding steroid dienone is 1. The number of rotatable bonds is 7. The van der Waals surface area contributed by atoms with Gasteiger partial charge in [0.1, 0.15) is 12.1 Å². The first-order chi connectivity index (χ1) is 14.2. The molecular weight excluding hydrogens is 410 g/mol. The van der Waals surface area contributed by atoms with E-state index in [4.69, 9.17) is 5.11 Å². The minimum absolute atomic E-state index is 0.136. The fourth-order valence-electron chi connectivity index (χ4n) is 3.89. The Kier molecular flexibility index (Phi) is 6.52. The maximum absolute atomic E-state index is 12.3. The van der Waals surface area contributed by atoms with E-state index in [0.29, 0.717) is 16.9 Å². The molecule has 10 nitrogen and oxygen atoms in total. The standard InChI is InChI=1S/C19H25N5O5S/c1-20-30(28,29)11-13-3-5-14(6-4-13)23(2)18-15-9-10-24(19(15)22-12-21-18)16(25)7-8-17(26)27/h7-10,12-14,20H,3-6,11H2,1-2H3,(H,26,27)/b8-7-. The number of anilines is 1. The molecule has 0 aromatic carbocycles. The van der Waals surface area contributed by atoms with E-state index < -0.39 is 21.9 Å². The summed E-state index contributed by atoms with van der Waals surface area (Å²) in [4.78, 5) is 33.6. The lowest BCUT2D eigenvalue weighted by Gasteiger charge is -2.35. The molecule has 0 saturated heterocycles. The second-order valence-electron chi connectivity index (χ2n) is 7.40. The molecule has 0 bridgehead atoms. The summed E-state index contributed by atoms with van der Waals surface area (Å²) >= 11 is 0. The molecule has 2 heterocycles. The number of fused-ring (bicyclic) bond motifs is 1. The van der Waals surface area contributed by atoms with E-state index in [1.54, 1.807) is 12.3 Å². The zero-order valence-corrected chi connectivity index (χ0v) is 17.7. The van der Waals surface area contributed by atoms with Crippen LogP contribution in [0, 0.1) is 5.92 Å². The van der Waals surface area contributed by atoms with Crippen molar-refractivity contribution in [2.45, 2.75) is 31.7 Å². The number of sulfonamides is 1. The van der Waals surface area contributed by atoms with Gasteiger partial charge in [-0.3, -0.25) is 9.36 Å². The van der Waals surface area contributed by atoms with Crippen molar-refractivity contribution < 1.29 is 23.1 Å². The summed E-state index contributed by atoms with van der Waals surface area (Å²) in [6.07, 6.45) is 7.99. The van der Waals surface area contributed by atoms with E-state index in [2.05, 4.69) is 19.6 Å². The van der Waals surface area contributed by atoms with Gasteiger partial charge in [-0.15, -0.1) is 0 Å². The number of carboxylic acid groups (broad SMARTS) is 1. The Morgan fingerprint density at radius 2 is 1.97 bits per heavy atom. The van der Waals surface area contributed by atoms with Crippen molar-refractivity contribution in [2.75, 3.05) is 24.7 Å². The molecule has 1 saturated carbocycles. The van der Waals surface area contributed by atoms with E-state index in [1.807, 2.05) is 7.05 Å². The predicted octanol–water partition coefficient (Wildman–Crippen LogP) is 1.26. The molecule has 2 aromatic rings. The van der Waals surface area contributed by atoms with E-state index in [1.165, 1.54) is 17.9 Å². The smallest absolute Gasteiger partial charge is 0.328 e. The molecule has 0 aliphatic heterocycles. The number of carboxylic acids is 1. The molecular formula is C19H25N5O5S. The van der Waals surface area contributed by atoms with Gasteiger partial charge in [0, 0.05) is 31.4 Å². The quantitative estimate of drug-likeness (QED) is 0.621. The maximum atomic E-state index is 12.3. The third-order valence-corrected chi connectivity index (χ3v) is 7.06. The van der Waals surface area contributed by atoms with Gasteiger partial charge in [-0.25, -0.2) is 27.9 Å². The first-order valence-electron chi connectivity index (χ1n) is 9.63. The van der Waals surface area contributed by atoms with Crippen LogP contribution in [0.5, 0.6) is 0 Å². The van der Waals surface area contributed by atoms with Crippen LogP contribution in [0.4, 0.5) is 5.82 Å². The van der Waals surface area contributed by atoms with Crippen LogP contribution in [0.15, 0.2) is 30.7 Å². The molecule has 0 atom stereocenters. The zero-order valence-electron chi connectivity index (χ0n) is 16.9. The highest BCUT2D eigenvalue weighted by Gasteiger charge is 2.28. The predicted molar refractivity (Wildman–Crippen MR) is 112 cm³/mol. The van der Waals surface area contributed by atoms with Crippen molar-refractivity contribution in [1.29, 1.82) is 0 Å². The summed E-state index contributed by atoms with van der Waals surface area (Å²) < 4.78 is 27.2. The van der Waals surface area contributed by atoms with Crippen molar-refractivity contribution in [3.8, 4) is 0 Å². The monoisotopic (exact) mass is 435 g/mol. The van der Waals surface area contributed by atoms with Gasteiger partial charge in [0.05, 0.1) is 11.1 Å².